The first-order chi connectivity index (χ1) is 12.5. The van der Waals surface area contributed by atoms with E-state index in [0.29, 0.717) is 11.6 Å². The number of nitrogens with one attached hydrogen (secondary N) is 2. The standard InChI is InChI=1S/C18H18FN5OS/c1-9(20-17(25)15-14(11-3-4-11)22-24-23-15)16-10(2)21-18(26-16)12-5-7-13(19)8-6-12/h5-9,11H,3-4H2,1-2H3,(H,20,25)(H,22,23,24). The number of nitrogens with zero attached hydrogens (tertiary/aromatic N) is 3. The molecular formula is C18H18FN5OS. The van der Waals surface area contributed by atoms with Gasteiger partial charge in [-0.25, -0.2) is 9.37 Å². The number of rotatable bonds is 5. The van der Waals surface area contributed by atoms with Gasteiger partial charge in [0.25, 0.3) is 5.91 Å². The van der Waals surface area contributed by atoms with E-state index in [-0.39, 0.29) is 17.8 Å². The Labute approximate surface area is 153 Å². The van der Waals surface area contributed by atoms with Crippen molar-refractivity contribution in [2.75, 3.05) is 0 Å². The molecule has 1 aliphatic rings. The maximum Gasteiger partial charge on any atom is 0.274 e. The number of carbonyl (C=O) groups excluding carboxylic acids is 1. The van der Waals surface area contributed by atoms with E-state index in [9.17, 15) is 9.18 Å². The van der Waals surface area contributed by atoms with Crippen molar-refractivity contribution < 1.29 is 9.18 Å². The van der Waals surface area contributed by atoms with Crippen molar-refractivity contribution in [3.63, 3.8) is 0 Å². The van der Waals surface area contributed by atoms with E-state index in [1.807, 2.05) is 13.8 Å². The second kappa shape index (κ2) is 6.60. The molecule has 1 amide bonds. The van der Waals surface area contributed by atoms with E-state index in [1.165, 1.54) is 23.5 Å². The second-order valence-electron chi connectivity index (χ2n) is 6.50. The van der Waals surface area contributed by atoms with Gasteiger partial charge in [-0.05, 0) is 51.0 Å². The summed E-state index contributed by atoms with van der Waals surface area (Å²) in [5, 5.41) is 14.5. The molecule has 3 aromatic rings. The van der Waals surface area contributed by atoms with E-state index < -0.39 is 0 Å². The third-order valence-corrected chi connectivity index (χ3v) is 5.81. The van der Waals surface area contributed by atoms with Crippen LogP contribution in [0.15, 0.2) is 24.3 Å². The summed E-state index contributed by atoms with van der Waals surface area (Å²) in [4.78, 5) is 18.1. The predicted octanol–water partition coefficient (Wildman–Crippen LogP) is 3.74. The molecule has 0 radical (unpaired) electrons. The third kappa shape index (κ3) is 3.24. The van der Waals surface area contributed by atoms with Gasteiger partial charge >= 0.3 is 0 Å². The molecule has 134 valence electrons. The van der Waals surface area contributed by atoms with Gasteiger partial charge in [0.15, 0.2) is 5.69 Å². The monoisotopic (exact) mass is 371 g/mol. The van der Waals surface area contributed by atoms with Crippen LogP contribution in [0.5, 0.6) is 0 Å². The zero-order valence-corrected chi connectivity index (χ0v) is 15.2. The topological polar surface area (TPSA) is 83.6 Å². The highest BCUT2D eigenvalue weighted by Crippen LogP contribution is 2.40. The summed E-state index contributed by atoms with van der Waals surface area (Å²) in [6.07, 6.45) is 2.11. The number of carbonyl (C=O) groups is 1. The first kappa shape index (κ1) is 16.8. The molecule has 0 aliphatic heterocycles. The molecule has 8 heteroatoms. The van der Waals surface area contributed by atoms with Crippen molar-refractivity contribution in [2.45, 2.75) is 38.6 Å². The van der Waals surface area contributed by atoms with Gasteiger partial charge in [-0.15, -0.1) is 11.3 Å². The molecule has 4 rings (SSSR count). The number of aromatic nitrogens is 4. The molecule has 0 spiro atoms. The average Bonchev–Trinajstić information content (AvgIpc) is 3.20. The van der Waals surface area contributed by atoms with Gasteiger partial charge in [-0.1, -0.05) is 0 Å². The molecule has 1 saturated carbocycles. The number of amides is 1. The summed E-state index contributed by atoms with van der Waals surface area (Å²) in [5.74, 6) is -0.161. The average molecular weight is 371 g/mol. The number of H-pyrrole nitrogens is 1. The maximum absolute atomic E-state index is 13.1. The Bertz CT molecular complexity index is 945. The Kier molecular flexibility index (Phi) is 4.28. The minimum Gasteiger partial charge on any atom is -0.343 e. The normalized spacial score (nSPS) is 15.0. The summed E-state index contributed by atoms with van der Waals surface area (Å²) in [6.45, 7) is 3.83. The molecule has 2 heterocycles. The highest BCUT2D eigenvalue weighted by Gasteiger charge is 2.32. The zero-order valence-electron chi connectivity index (χ0n) is 14.4. The Morgan fingerprint density at radius 3 is 2.73 bits per heavy atom. The van der Waals surface area contributed by atoms with Crippen LogP contribution in [0.3, 0.4) is 0 Å². The molecule has 0 bridgehead atoms. The van der Waals surface area contributed by atoms with Crippen molar-refractivity contribution in [1.29, 1.82) is 0 Å². The van der Waals surface area contributed by atoms with Crippen LogP contribution in [0, 0.1) is 12.7 Å². The second-order valence-corrected chi connectivity index (χ2v) is 7.53. The predicted molar refractivity (Wildman–Crippen MR) is 96.5 cm³/mol. The van der Waals surface area contributed by atoms with Gasteiger partial charge in [0.05, 0.1) is 22.3 Å². The summed E-state index contributed by atoms with van der Waals surface area (Å²) < 4.78 is 13.1. The van der Waals surface area contributed by atoms with E-state index in [4.69, 9.17) is 0 Å². The van der Waals surface area contributed by atoms with Crippen LogP contribution in [-0.2, 0) is 0 Å². The summed E-state index contributed by atoms with van der Waals surface area (Å²) in [5.41, 5.74) is 2.84. The number of hydrogen-bond donors (Lipinski definition) is 2. The van der Waals surface area contributed by atoms with Gasteiger partial charge < -0.3 is 5.32 Å². The highest BCUT2D eigenvalue weighted by atomic mass is 32.1. The minimum absolute atomic E-state index is 0.210. The molecule has 0 saturated heterocycles. The van der Waals surface area contributed by atoms with Gasteiger partial charge in [-0.3, -0.25) is 4.79 Å². The Balaban J connectivity index is 1.52. The number of aromatic amines is 1. The number of thiazole rings is 1. The van der Waals surface area contributed by atoms with Gasteiger partial charge in [-0.2, -0.15) is 15.4 Å². The lowest BCUT2D eigenvalue weighted by molar-refractivity contribution is 0.0934. The summed E-state index contributed by atoms with van der Waals surface area (Å²) >= 11 is 1.50. The first-order valence-electron chi connectivity index (χ1n) is 8.47. The fourth-order valence-electron chi connectivity index (χ4n) is 2.90. The van der Waals surface area contributed by atoms with E-state index in [0.717, 1.165) is 39.7 Å². The SMILES string of the molecule is Cc1nc(-c2ccc(F)cc2)sc1C(C)NC(=O)c1n[nH]nc1C1CC1. The number of benzene rings is 1. The first-order valence-corrected chi connectivity index (χ1v) is 9.29. The van der Waals surface area contributed by atoms with Crippen molar-refractivity contribution in [2.24, 2.45) is 0 Å². The molecule has 2 aromatic heterocycles. The quantitative estimate of drug-likeness (QED) is 0.715. The van der Waals surface area contributed by atoms with Crippen LogP contribution in [0.1, 0.15) is 58.5 Å². The van der Waals surface area contributed by atoms with Crippen LogP contribution in [0.2, 0.25) is 0 Å². The lowest BCUT2D eigenvalue weighted by Gasteiger charge is -2.12. The van der Waals surface area contributed by atoms with E-state index in [2.05, 4.69) is 25.7 Å². The van der Waals surface area contributed by atoms with Gasteiger partial charge in [0.1, 0.15) is 10.8 Å². The van der Waals surface area contributed by atoms with Crippen molar-refractivity contribution in [1.82, 2.24) is 25.7 Å². The van der Waals surface area contributed by atoms with Crippen molar-refractivity contribution >= 4 is 17.2 Å². The fourth-order valence-corrected chi connectivity index (χ4v) is 3.98. The van der Waals surface area contributed by atoms with Crippen molar-refractivity contribution in [3.05, 3.63) is 52.0 Å². The molecule has 6 nitrogen and oxygen atoms in total. The molecular weight excluding hydrogens is 353 g/mol. The van der Waals surface area contributed by atoms with Crippen molar-refractivity contribution in [3.8, 4) is 10.6 Å². The molecule has 1 fully saturated rings. The molecule has 26 heavy (non-hydrogen) atoms. The van der Waals surface area contributed by atoms with Crippen LogP contribution in [0.4, 0.5) is 4.39 Å². The Morgan fingerprint density at radius 1 is 1.31 bits per heavy atom. The number of halogens is 1. The van der Waals surface area contributed by atoms with Crippen LogP contribution in [-0.4, -0.2) is 26.3 Å². The van der Waals surface area contributed by atoms with Crippen LogP contribution in [0.25, 0.3) is 10.6 Å². The highest BCUT2D eigenvalue weighted by molar-refractivity contribution is 7.15. The third-order valence-electron chi connectivity index (χ3n) is 4.42. The summed E-state index contributed by atoms with van der Waals surface area (Å²) in [7, 11) is 0. The minimum atomic E-state index is -0.276. The maximum atomic E-state index is 13.1. The lowest BCUT2D eigenvalue weighted by Crippen LogP contribution is -2.27. The molecule has 2 N–H and O–H groups in total. The zero-order chi connectivity index (χ0) is 18.3. The van der Waals surface area contributed by atoms with E-state index >= 15 is 0 Å². The van der Waals surface area contributed by atoms with Crippen LogP contribution < -0.4 is 5.32 Å². The Morgan fingerprint density at radius 2 is 2.04 bits per heavy atom. The smallest absolute Gasteiger partial charge is 0.274 e. The molecule has 1 aliphatic carbocycles. The largest absolute Gasteiger partial charge is 0.343 e. The lowest BCUT2D eigenvalue weighted by atomic mass is 10.2. The van der Waals surface area contributed by atoms with Crippen LogP contribution >= 0.6 is 11.3 Å². The number of hydrogen-bond acceptors (Lipinski definition) is 5. The molecule has 1 atom stereocenters. The summed E-state index contributed by atoms with van der Waals surface area (Å²) in [6, 6.07) is 6.04. The molecule has 1 unspecified atom stereocenters. The number of aryl methyl sites for hydroxylation is 1. The molecule has 1 aromatic carbocycles. The Hall–Kier alpha value is -2.61. The fraction of sp³-hybridized carbons (Fsp3) is 0.333. The van der Waals surface area contributed by atoms with Gasteiger partial charge in [0, 0.05) is 11.5 Å². The van der Waals surface area contributed by atoms with Gasteiger partial charge in [0.2, 0.25) is 0 Å². The van der Waals surface area contributed by atoms with E-state index in [1.54, 1.807) is 12.1 Å².